The molecular weight excluding hydrogens is 366 g/mol. The largest absolute Gasteiger partial charge is 0.273 e. The van der Waals surface area contributed by atoms with Gasteiger partial charge in [-0.25, -0.2) is 0 Å². The average molecular weight is 378 g/mol. The number of carbonyl (C=O) groups is 1. The number of para-hydroxylation sites is 1. The van der Waals surface area contributed by atoms with Gasteiger partial charge in [-0.2, -0.15) is 0 Å². The Balaban J connectivity index is 1.79. The number of hydrogen-bond acceptors (Lipinski definition) is 3. The van der Waals surface area contributed by atoms with Crippen molar-refractivity contribution in [2.24, 2.45) is 0 Å². The predicted octanol–water partition coefficient (Wildman–Crippen LogP) is 4.43. The van der Waals surface area contributed by atoms with Gasteiger partial charge in [0.25, 0.3) is 0 Å². The molecule has 2 aromatic rings. The van der Waals surface area contributed by atoms with Crippen LogP contribution in [0.3, 0.4) is 0 Å². The minimum Gasteiger partial charge on any atom is -0.273 e. The smallest absolute Gasteiger partial charge is 0.246 e. The van der Waals surface area contributed by atoms with Gasteiger partial charge >= 0.3 is 0 Å². The number of anilines is 1. The summed E-state index contributed by atoms with van der Waals surface area (Å²) in [6.45, 7) is 0. The molecule has 1 saturated heterocycles. The van der Waals surface area contributed by atoms with Crippen molar-refractivity contribution in [2.45, 2.75) is 11.7 Å². The lowest BCUT2D eigenvalue weighted by Gasteiger charge is -2.15. The first-order chi connectivity index (χ1) is 10.1. The summed E-state index contributed by atoms with van der Waals surface area (Å²) < 4.78 is 1.67. The lowest BCUT2D eigenvalue weighted by atomic mass is 10.1. The van der Waals surface area contributed by atoms with Crippen LogP contribution in [0.4, 0.5) is 5.69 Å². The van der Waals surface area contributed by atoms with E-state index in [2.05, 4.69) is 15.9 Å². The van der Waals surface area contributed by atoms with Crippen molar-refractivity contribution in [3.63, 3.8) is 0 Å². The molecule has 1 aliphatic heterocycles. The molecule has 3 rings (SSSR count). The normalized spacial score (nSPS) is 18.3. The number of halogens is 1. The van der Waals surface area contributed by atoms with Crippen LogP contribution in [0.15, 0.2) is 59.1 Å². The number of nitrogens with zero attached hydrogens (tertiary/aromatic N) is 1. The van der Waals surface area contributed by atoms with Crippen molar-refractivity contribution in [1.82, 2.24) is 0 Å². The molecule has 2 nitrogen and oxygen atoms in total. The average Bonchev–Trinajstić information content (AvgIpc) is 2.77. The fourth-order valence-electron chi connectivity index (χ4n) is 2.23. The Hall–Kier alpha value is -1.17. The monoisotopic (exact) mass is 377 g/mol. The van der Waals surface area contributed by atoms with E-state index >= 15 is 0 Å². The number of benzene rings is 2. The number of amides is 1. The van der Waals surface area contributed by atoms with Crippen molar-refractivity contribution in [1.29, 1.82) is 0 Å². The van der Waals surface area contributed by atoms with Gasteiger partial charge in [0.05, 0.1) is 10.9 Å². The van der Waals surface area contributed by atoms with Gasteiger partial charge in [0.1, 0.15) is 4.32 Å². The van der Waals surface area contributed by atoms with Gasteiger partial charge in [0, 0.05) is 4.47 Å². The summed E-state index contributed by atoms with van der Waals surface area (Å²) in [5.41, 5.74) is 1.99. The highest BCUT2D eigenvalue weighted by molar-refractivity contribution is 9.10. The number of thioether (sulfide) groups is 1. The van der Waals surface area contributed by atoms with Crippen molar-refractivity contribution in [3.8, 4) is 0 Å². The highest BCUT2D eigenvalue weighted by Crippen LogP contribution is 2.33. The van der Waals surface area contributed by atoms with Crippen LogP contribution < -0.4 is 4.90 Å². The van der Waals surface area contributed by atoms with Crippen LogP contribution in [0.5, 0.6) is 0 Å². The zero-order valence-electron chi connectivity index (χ0n) is 11.0. The summed E-state index contributed by atoms with van der Waals surface area (Å²) >= 11 is 10.3. The molecule has 1 atom stereocenters. The van der Waals surface area contributed by atoms with Crippen LogP contribution in [0.25, 0.3) is 0 Å². The molecular formula is C16H12BrNOS2. The third-order valence-corrected chi connectivity index (χ3v) is 5.31. The Morgan fingerprint density at radius 1 is 1.10 bits per heavy atom. The third kappa shape index (κ3) is 3.20. The van der Waals surface area contributed by atoms with Gasteiger partial charge in [-0.3, -0.25) is 9.69 Å². The maximum atomic E-state index is 12.6. The maximum absolute atomic E-state index is 12.6. The molecule has 1 amide bonds. The van der Waals surface area contributed by atoms with Crippen molar-refractivity contribution in [3.05, 3.63) is 64.6 Å². The van der Waals surface area contributed by atoms with Crippen LogP contribution in [-0.2, 0) is 11.2 Å². The maximum Gasteiger partial charge on any atom is 0.246 e. The van der Waals surface area contributed by atoms with E-state index in [0.29, 0.717) is 10.7 Å². The van der Waals surface area contributed by atoms with Gasteiger partial charge < -0.3 is 0 Å². The SMILES string of the molecule is O=C1[C@@H](Cc2ccc(Br)cc2)SC(=S)N1c1ccccc1. The number of hydrogen-bond donors (Lipinski definition) is 0. The van der Waals surface area contributed by atoms with Gasteiger partial charge in [-0.05, 0) is 36.2 Å². The van der Waals surface area contributed by atoms with Gasteiger partial charge in [-0.1, -0.05) is 70.2 Å². The molecule has 1 aliphatic rings. The lowest BCUT2D eigenvalue weighted by Crippen LogP contribution is -2.31. The van der Waals surface area contributed by atoms with E-state index in [1.54, 1.807) is 4.90 Å². The molecule has 0 radical (unpaired) electrons. The Kier molecular flexibility index (Phi) is 4.42. The van der Waals surface area contributed by atoms with Crippen LogP contribution in [0.1, 0.15) is 5.56 Å². The molecule has 0 bridgehead atoms. The van der Waals surface area contributed by atoms with E-state index in [4.69, 9.17) is 12.2 Å². The predicted molar refractivity (Wildman–Crippen MR) is 95.8 cm³/mol. The zero-order valence-corrected chi connectivity index (χ0v) is 14.2. The second-order valence-electron chi connectivity index (χ2n) is 4.71. The minimum atomic E-state index is -0.140. The number of thiocarbonyl (C=S) groups is 1. The molecule has 2 aromatic carbocycles. The second-order valence-corrected chi connectivity index (χ2v) is 7.46. The second kappa shape index (κ2) is 6.30. The Labute approximate surface area is 141 Å². The molecule has 0 saturated carbocycles. The first kappa shape index (κ1) is 14.8. The number of carbonyl (C=O) groups excluding carboxylic acids is 1. The fraction of sp³-hybridized carbons (Fsp3) is 0.125. The van der Waals surface area contributed by atoms with Crippen LogP contribution >= 0.6 is 39.9 Å². The first-order valence-electron chi connectivity index (χ1n) is 6.49. The highest BCUT2D eigenvalue weighted by atomic mass is 79.9. The molecule has 0 aliphatic carbocycles. The zero-order chi connectivity index (χ0) is 14.8. The molecule has 21 heavy (non-hydrogen) atoms. The van der Waals surface area contributed by atoms with Crippen molar-refractivity contribution < 1.29 is 4.79 Å². The van der Waals surface area contributed by atoms with E-state index in [1.165, 1.54) is 11.8 Å². The summed E-state index contributed by atoms with van der Waals surface area (Å²) in [7, 11) is 0. The topological polar surface area (TPSA) is 20.3 Å². The quantitative estimate of drug-likeness (QED) is 0.738. The Morgan fingerprint density at radius 2 is 1.76 bits per heavy atom. The first-order valence-corrected chi connectivity index (χ1v) is 8.57. The van der Waals surface area contributed by atoms with E-state index in [-0.39, 0.29) is 11.2 Å². The molecule has 106 valence electrons. The molecule has 1 heterocycles. The van der Waals surface area contributed by atoms with Gasteiger partial charge in [-0.15, -0.1) is 0 Å². The number of rotatable bonds is 3. The molecule has 0 aromatic heterocycles. The van der Waals surface area contributed by atoms with E-state index in [9.17, 15) is 4.79 Å². The summed E-state index contributed by atoms with van der Waals surface area (Å²) in [5.74, 6) is 0.0686. The lowest BCUT2D eigenvalue weighted by molar-refractivity contribution is -0.116. The summed E-state index contributed by atoms with van der Waals surface area (Å²) in [5, 5.41) is -0.140. The van der Waals surface area contributed by atoms with Crippen LogP contribution in [0, 0.1) is 0 Å². The van der Waals surface area contributed by atoms with Gasteiger partial charge in [0.2, 0.25) is 5.91 Å². The fourth-order valence-corrected chi connectivity index (χ4v) is 4.07. The molecule has 1 fully saturated rings. The standard InChI is InChI=1S/C16H12BrNOS2/c17-12-8-6-11(7-9-12)10-14-15(19)18(16(20)21-14)13-4-2-1-3-5-13/h1-9,14H,10H2/t14-/m1/s1. The van der Waals surface area contributed by atoms with Crippen LogP contribution in [-0.4, -0.2) is 15.5 Å². The van der Waals surface area contributed by atoms with E-state index in [1.807, 2.05) is 54.6 Å². The Morgan fingerprint density at radius 3 is 2.43 bits per heavy atom. The molecule has 0 unspecified atom stereocenters. The summed E-state index contributed by atoms with van der Waals surface area (Å²) in [6, 6.07) is 17.6. The Bertz CT molecular complexity index is 672. The summed E-state index contributed by atoms with van der Waals surface area (Å²) in [6.07, 6.45) is 0.695. The third-order valence-electron chi connectivity index (χ3n) is 3.27. The highest BCUT2D eigenvalue weighted by Gasteiger charge is 2.37. The van der Waals surface area contributed by atoms with Crippen molar-refractivity contribution >= 4 is 55.8 Å². The van der Waals surface area contributed by atoms with E-state index in [0.717, 1.165) is 15.7 Å². The van der Waals surface area contributed by atoms with Crippen LogP contribution in [0.2, 0.25) is 0 Å². The summed E-state index contributed by atoms with van der Waals surface area (Å²) in [4.78, 5) is 14.2. The van der Waals surface area contributed by atoms with Gasteiger partial charge in [0.15, 0.2) is 0 Å². The van der Waals surface area contributed by atoms with Crippen molar-refractivity contribution in [2.75, 3.05) is 4.90 Å². The van der Waals surface area contributed by atoms with E-state index < -0.39 is 0 Å². The molecule has 0 spiro atoms. The molecule has 0 N–H and O–H groups in total. The molecule has 5 heteroatoms. The minimum absolute atomic E-state index is 0.0686.